The molecule has 0 saturated heterocycles. The fourth-order valence-corrected chi connectivity index (χ4v) is 4.53. The van der Waals surface area contributed by atoms with E-state index in [1.165, 1.54) is 12.1 Å². The quantitative estimate of drug-likeness (QED) is 0.733. The molecule has 0 saturated carbocycles. The summed E-state index contributed by atoms with van der Waals surface area (Å²) in [6.45, 7) is 0. The molecule has 0 radical (unpaired) electrons. The lowest BCUT2D eigenvalue weighted by Gasteiger charge is -2.00. The third-order valence-corrected chi connectivity index (χ3v) is 6.16. The van der Waals surface area contributed by atoms with Gasteiger partial charge in [0, 0.05) is 10.7 Å². The van der Waals surface area contributed by atoms with Gasteiger partial charge in [-0.15, -0.1) is 11.3 Å². The zero-order chi connectivity index (χ0) is 14.3. The summed E-state index contributed by atoms with van der Waals surface area (Å²) in [5.74, 6) is 0. The summed E-state index contributed by atoms with van der Waals surface area (Å²) in [6, 6.07) is 11.1. The van der Waals surface area contributed by atoms with Crippen molar-refractivity contribution in [2.24, 2.45) is 0 Å². The lowest BCUT2D eigenvalue weighted by Crippen LogP contribution is -2.00. The molecule has 0 aliphatic rings. The van der Waals surface area contributed by atoms with E-state index >= 15 is 0 Å². The summed E-state index contributed by atoms with van der Waals surface area (Å²) in [5.41, 5.74) is 6.89. The van der Waals surface area contributed by atoms with Crippen molar-refractivity contribution in [2.45, 2.75) is 9.24 Å². The molecule has 0 spiro atoms. The van der Waals surface area contributed by atoms with Crippen molar-refractivity contribution in [3.63, 3.8) is 0 Å². The number of benzene rings is 2. The number of anilines is 1. The highest BCUT2D eigenvalue weighted by molar-refractivity contribution is 7.93. The number of fused-ring (bicyclic) bond motifs is 1. The van der Waals surface area contributed by atoms with Gasteiger partial charge in [-0.05, 0) is 42.5 Å². The Morgan fingerprint density at radius 2 is 1.80 bits per heavy atom. The Morgan fingerprint density at radius 3 is 2.50 bits per heavy atom. The molecule has 0 aliphatic carbocycles. The minimum absolute atomic E-state index is 0.0559. The number of aromatic nitrogens is 1. The average molecular weight is 325 g/mol. The maximum absolute atomic E-state index is 12.5. The zero-order valence-corrected chi connectivity index (χ0v) is 12.5. The topological polar surface area (TPSA) is 73.0 Å². The molecular formula is C13H9ClN2O2S2. The molecule has 1 aromatic heterocycles. The van der Waals surface area contributed by atoms with Crippen LogP contribution in [0.3, 0.4) is 0 Å². The molecule has 0 unspecified atom stereocenters. The maximum Gasteiger partial charge on any atom is 0.233 e. The van der Waals surface area contributed by atoms with Crippen molar-refractivity contribution in [3.8, 4) is 0 Å². The number of sulfone groups is 1. The van der Waals surface area contributed by atoms with Crippen molar-refractivity contribution in [1.82, 2.24) is 4.98 Å². The Morgan fingerprint density at radius 1 is 1.10 bits per heavy atom. The molecule has 102 valence electrons. The van der Waals surface area contributed by atoms with Gasteiger partial charge in [-0.1, -0.05) is 11.6 Å². The fourth-order valence-electron chi connectivity index (χ4n) is 1.75. The number of nitrogens with two attached hydrogens (primary N) is 1. The monoisotopic (exact) mass is 324 g/mol. The highest BCUT2D eigenvalue weighted by atomic mass is 35.5. The first-order valence-electron chi connectivity index (χ1n) is 5.63. The Labute approximate surface area is 124 Å². The first kappa shape index (κ1) is 13.4. The van der Waals surface area contributed by atoms with Crippen molar-refractivity contribution in [2.75, 3.05) is 5.73 Å². The minimum Gasteiger partial charge on any atom is -0.399 e. The molecule has 2 N–H and O–H groups in total. The first-order chi connectivity index (χ1) is 9.46. The van der Waals surface area contributed by atoms with Crippen LogP contribution in [0.25, 0.3) is 10.2 Å². The van der Waals surface area contributed by atoms with Gasteiger partial charge >= 0.3 is 0 Å². The van der Waals surface area contributed by atoms with Gasteiger partial charge in [0.15, 0.2) is 0 Å². The number of hydrogen-bond acceptors (Lipinski definition) is 5. The van der Waals surface area contributed by atoms with E-state index in [9.17, 15) is 8.42 Å². The molecule has 4 nitrogen and oxygen atoms in total. The van der Waals surface area contributed by atoms with Crippen LogP contribution in [0.2, 0.25) is 5.02 Å². The summed E-state index contributed by atoms with van der Waals surface area (Å²) < 4.78 is 25.8. The van der Waals surface area contributed by atoms with Gasteiger partial charge in [-0.3, -0.25) is 0 Å². The van der Waals surface area contributed by atoms with Crippen molar-refractivity contribution in [3.05, 3.63) is 47.5 Å². The SMILES string of the molecule is Nc1ccc2nc(S(=O)(=O)c3ccc(Cl)cc3)sc2c1. The first-order valence-corrected chi connectivity index (χ1v) is 8.31. The standard InChI is InChI=1S/C13H9ClN2O2S2/c14-8-1-4-10(5-2-8)20(17,18)13-16-11-6-3-9(15)7-12(11)19-13/h1-7H,15H2. The van der Waals surface area contributed by atoms with Gasteiger partial charge in [0.1, 0.15) is 0 Å². The lowest BCUT2D eigenvalue weighted by atomic mass is 10.3. The summed E-state index contributed by atoms with van der Waals surface area (Å²) in [7, 11) is -3.62. The highest BCUT2D eigenvalue weighted by Gasteiger charge is 2.22. The average Bonchev–Trinajstić information content (AvgIpc) is 2.83. The second-order valence-corrected chi connectivity index (χ2v) is 7.75. The predicted octanol–water partition coefficient (Wildman–Crippen LogP) is 3.36. The number of rotatable bonds is 2. The fraction of sp³-hybridized carbons (Fsp3) is 0. The van der Waals surface area contributed by atoms with Crippen LogP contribution >= 0.6 is 22.9 Å². The number of halogens is 1. The maximum atomic E-state index is 12.5. The Kier molecular flexibility index (Phi) is 3.16. The van der Waals surface area contributed by atoms with Gasteiger partial charge in [0.2, 0.25) is 14.2 Å². The Hall–Kier alpha value is -1.63. The third-order valence-electron chi connectivity index (χ3n) is 2.75. The molecule has 0 aliphatic heterocycles. The van der Waals surface area contributed by atoms with Crippen LogP contribution in [0, 0.1) is 0 Å². The van der Waals surface area contributed by atoms with Crippen LogP contribution in [-0.4, -0.2) is 13.4 Å². The molecule has 3 aromatic rings. The largest absolute Gasteiger partial charge is 0.399 e. The van der Waals surface area contributed by atoms with E-state index in [2.05, 4.69) is 4.98 Å². The van der Waals surface area contributed by atoms with E-state index in [4.69, 9.17) is 17.3 Å². The van der Waals surface area contributed by atoms with Crippen LogP contribution in [0.4, 0.5) is 5.69 Å². The molecule has 0 fully saturated rings. The van der Waals surface area contributed by atoms with Crippen molar-refractivity contribution in [1.29, 1.82) is 0 Å². The van der Waals surface area contributed by atoms with Crippen LogP contribution in [0.5, 0.6) is 0 Å². The van der Waals surface area contributed by atoms with E-state index < -0.39 is 9.84 Å². The van der Waals surface area contributed by atoms with Crippen LogP contribution in [0.1, 0.15) is 0 Å². The Balaban J connectivity index is 2.15. The highest BCUT2D eigenvalue weighted by Crippen LogP contribution is 2.31. The van der Waals surface area contributed by atoms with Gasteiger partial charge in [0.05, 0.1) is 15.1 Å². The van der Waals surface area contributed by atoms with Gasteiger partial charge in [-0.25, -0.2) is 13.4 Å². The molecular weight excluding hydrogens is 316 g/mol. The third kappa shape index (κ3) is 2.26. The smallest absolute Gasteiger partial charge is 0.233 e. The molecule has 1 heterocycles. The molecule has 0 amide bonds. The van der Waals surface area contributed by atoms with Crippen molar-refractivity contribution >= 4 is 48.7 Å². The second-order valence-electron chi connectivity index (χ2n) is 4.16. The van der Waals surface area contributed by atoms with Gasteiger partial charge in [-0.2, -0.15) is 0 Å². The number of nitrogens with zero attached hydrogens (tertiary/aromatic N) is 1. The molecule has 3 rings (SSSR count). The second kappa shape index (κ2) is 4.73. The summed E-state index contributed by atoms with van der Waals surface area (Å²) in [5, 5.41) is 0.487. The molecule has 0 bridgehead atoms. The Bertz CT molecular complexity index is 886. The van der Waals surface area contributed by atoms with E-state index in [0.717, 1.165) is 16.0 Å². The minimum atomic E-state index is -3.62. The van der Waals surface area contributed by atoms with E-state index in [0.29, 0.717) is 16.2 Å². The van der Waals surface area contributed by atoms with Gasteiger partial charge in [0.25, 0.3) is 0 Å². The normalized spacial score (nSPS) is 11.8. The molecule has 7 heteroatoms. The van der Waals surface area contributed by atoms with Crippen LogP contribution in [0.15, 0.2) is 51.7 Å². The summed E-state index contributed by atoms with van der Waals surface area (Å²) >= 11 is 6.87. The summed E-state index contributed by atoms with van der Waals surface area (Å²) in [6.07, 6.45) is 0. The van der Waals surface area contributed by atoms with Crippen molar-refractivity contribution < 1.29 is 8.42 Å². The van der Waals surface area contributed by atoms with Gasteiger partial charge < -0.3 is 5.73 Å². The molecule has 20 heavy (non-hydrogen) atoms. The van der Waals surface area contributed by atoms with Crippen LogP contribution < -0.4 is 5.73 Å². The zero-order valence-electron chi connectivity index (χ0n) is 10.1. The summed E-state index contributed by atoms with van der Waals surface area (Å²) in [4.78, 5) is 4.34. The van der Waals surface area contributed by atoms with E-state index in [1.807, 2.05) is 0 Å². The number of thiazole rings is 1. The number of nitrogen functional groups attached to an aromatic ring is 1. The predicted molar refractivity (Wildman–Crippen MR) is 80.9 cm³/mol. The van der Waals surface area contributed by atoms with E-state index in [1.54, 1.807) is 30.3 Å². The van der Waals surface area contributed by atoms with E-state index in [-0.39, 0.29) is 9.24 Å². The molecule has 0 atom stereocenters. The van der Waals surface area contributed by atoms with Crippen LogP contribution in [-0.2, 0) is 9.84 Å². The number of hydrogen-bond donors (Lipinski definition) is 1. The lowest BCUT2D eigenvalue weighted by molar-refractivity contribution is 0.595. The molecule has 2 aromatic carbocycles.